The van der Waals surface area contributed by atoms with Crippen molar-refractivity contribution in [1.29, 1.82) is 0 Å². The van der Waals surface area contributed by atoms with Crippen molar-refractivity contribution in [2.24, 2.45) is 22.4 Å². The van der Waals surface area contributed by atoms with Gasteiger partial charge in [0.05, 0.1) is 6.61 Å². The molecule has 94 valence electrons. The second kappa shape index (κ2) is 8.78. The van der Waals surface area contributed by atoms with E-state index in [2.05, 4.69) is 5.16 Å². The maximum atomic E-state index is 11.3. The minimum absolute atomic E-state index is 0.168. The molecule has 0 aromatic heterocycles. The van der Waals surface area contributed by atoms with Gasteiger partial charge in [-0.1, -0.05) is 13.3 Å². The van der Waals surface area contributed by atoms with Crippen LogP contribution < -0.4 is 17.2 Å². The summed E-state index contributed by atoms with van der Waals surface area (Å²) in [4.78, 5) is 15.9. The largest absolute Gasteiger partial charge is 0.465 e. The average molecular weight is 232 g/mol. The van der Waals surface area contributed by atoms with Crippen molar-refractivity contribution in [1.82, 2.24) is 0 Å². The summed E-state index contributed by atoms with van der Waals surface area (Å²) < 4.78 is 4.92. The number of nitrogens with zero attached hydrogens (tertiary/aromatic N) is 1. The molecule has 7 heteroatoms. The third kappa shape index (κ3) is 7.86. The molecule has 0 heterocycles. The molecule has 7 nitrogen and oxygen atoms in total. The highest BCUT2D eigenvalue weighted by molar-refractivity contribution is 5.75. The van der Waals surface area contributed by atoms with E-state index in [1.807, 2.05) is 6.92 Å². The molecule has 0 saturated heterocycles. The molecule has 0 rings (SSSR count). The van der Waals surface area contributed by atoms with Gasteiger partial charge in [0.2, 0.25) is 5.96 Å². The zero-order chi connectivity index (χ0) is 12.4. The molecule has 0 unspecified atom stereocenters. The first-order valence-electron chi connectivity index (χ1n) is 5.21. The van der Waals surface area contributed by atoms with Crippen LogP contribution in [0.5, 0.6) is 0 Å². The van der Waals surface area contributed by atoms with Gasteiger partial charge in [0, 0.05) is 6.42 Å². The Morgan fingerprint density at radius 1 is 1.38 bits per heavy atom. The number of oxime groups is 1. The van der Waals surface area contributed by atoms with Crippen molar-refractivity contribution in [3.63, 3.8) is 0 Å². The van der Waals surface area contributed by atoms with Gasteiger partial charge in [0.1, 0.15) is 12.6 Å². The summed E-state index contributed by atoms with van der Waals surface area (Å²) in [5.74, 6) is -0.596. The Morgan fingerprint density at radius 3 is 2.62 bits per heavy atom. The highest BCUT2D eigenvalue weighted by atomic mass is 16.6. The molecule has 1 atom stereocenters. The molecule has 0 fully saturated rings. The fourth-order valence-electron chi connectivity index (χ4n) is 0.842. The predicted octanol–water partition coefficient (Wildman–Crippen LogP) is -0.748. The van der Waals surface area contributed by atoms with Crippen LogP contribution in [0.15, 0.2) is 5.16 Å². The molecular weight excluding hydrogens is 212 g/mol. The first-order valence-corrected chi connectivity index (χ1v) is 5.21. The van der Waals surface area contributed by atoms with Gasteiger partial charge < -0.3 is 26.8 Å². The summed E-state index contributed by atoms with van der Waals surface area (Å²) in [5, 5.41) is 3.30. The lowest BCUT2D eigenvalue weighted by Crippen LogP contribution is -2.33. The minimum Gasteiger partial charge on any atom is -0.465 e. The normalized spacial score (nSPS) is 11.6. The SMILES string of the molecule is CCCCOC(=O)[C@@H](N)CCON=C(N)N. The number of carbonyl (C=O) groups is 1. The van der Waals surface area contributed by atoms with E-state index in [9.17, 15) is 4.79 Å². The second-order valence-corrected chi connectivity index (χ2v) is 3.27. The smallest absolute Gasteiger partial charge is 0.323 e. The Kier molecular flexibility index (Phi) is 7.96. The quantitative estimate of drug-likeness (QED) is 0.166. The van der Waals surface area contributed by atoms with E-state index in [0.29, 0.717) is 13.0 Å². The molecule has 0 spiro atoms. The number of ether oxygens (including phenoxy) is 1. The highest BCUT2D eigenvalue weighted by Gasteiger charge is 2.14. The Bertz CT molecular complexity index is 229. The minimum atomic E-state index is -0.703. The van der Waals surface area contributed by atoms with Crippen LogP contribution in [0.1, 0.15) is 26.2 Å². The summed E-state index contributed by atoms with van der Waals surface area (Å²) in [5.41, 5.74) is 15.6. The van der Waals surface area contributed by atoms with Crippen molar-refractivity contribution >= 4 is 11.9 Å². The van der Waals surface area contributed by atoms with E-state index in [-0.39, 0.29) is 12.6 Å². The number of unbranched alkanes of at least 4 members (excludes halogenated alkanes) is 1. The van der Waals surface area contributed by atoms with Crippen LogP contribution in [-0.4, -0.2) is 31.2 Å². The van der Waals surface area contributed by atoms with E-state index in [1.165, 1.54) is 0 Å². The molecule has 0 saturated carbocycles. The van der Waals surface area contributed by atoms with Crippen LogP contribution in [-0.2, 0) is 14.4 Å². The van der Waals surface area contributed by atoms with Crippen molar-refractivity contribution in [2.45, 2.75) is 32.2 Å². The molecule has 6 N–H and O–H groups in total. The molecule has 0 aromatic carbocycles. The maximum Gasteiger partial charge on any atom is 0.323 e. The van der Waals surface area contributed by atoms with Gasteiger partial charge >= 0.3 is 5.97 Å². The standard InChI is InChI=1S/C9H20N4O3/c1-2-3-5-15-8(14)7(10)4-6-16-13-9(11)12/h7H,2-6,10H2,1H3,(H4,11,12,13)/t7-/m0/s1. The van der Waals surface area contributed by atoms with Gasteiger partial charge in [-0.15, -0.1) is 0 Å². The summed E-state index contributed by atoms with van der Waals surface area (Å²) in [6.45, 7) is 2.58. The van der Waals surface area contributed by atoms with E-state index < -0.39 is 12.0 Å². The Labute approximate surface area is 94.9 Å². The van der Waals surface area contributed by atoms with Gasteiger partial charge in [-0.25, -0.2) is 0 Å². The summed E-state index contributed by atoms with van der Waals surface area (Å²) >= 11 is 0. The van der Waals surface area contributed by atoms with E-state index in [4.69, 9.17) is 26.8 Å². The van der Waals surface area contributed by atoms with Gasteiger partial charge in [0.15, 0.2) is 0 Å². The molecular formula is C9H20N4O3. The Balaban J connectivity index is 3.59. The second-order valence-electron chi connectivity index (χ2n) is 3.27. The van der Waals surface area contributed by atoms with Crippen LogP contribution in [0, 0.1) is 0 Å². The third-order valence-electron chi connectivity index (χ3n) is 1.74. The van der Waals surface area contributed by atoms with Crippen molar-refractivity contribution in [2.75, 3.05) is 13.2 Å². The van der Waals surface area contributed by atoms with E-state index >= 15 is 0 Å². The van der Waals surface area contributed by atoms with Crippen LogP contribution in [0.4, 0.5) is 0 Å². The molecule has 0 aromatic rings. The number of rotatable bonds is 8. The third-order valence-corrected chi connectivity index (χ3v) is 1.74. The summed E-state index contributed by atoms with van der Waals surface area (Å²) in [7, 11) is 0. The van der Waals surface area contributed by atoms with Crippen LogP contribution in [0.3, 0.4) is 0 Å². The van der Waals surface area contributed by atoms with Gasteiger partial charge in [-0.2, -0.15) is 0 Å². The molecule has 0 aliphatic rings. The van der Waals surface area contributed by atoms with Crippen molar-refractivity contribution in [3.05, 3.63) is 0 Å². The molecule has 0 amide bonds. The fourth-order valence-corrected chi connectivity index (χ4v) is 0.842. The summed E-state index contributed by atoms with van der Waals surface area (Å²) in [6.07, 6.45) is 2.11. The number of hydrogen-bond donors (Lipinski definition) is 3. The van der Waals surface area contributed by atoms with Crippen molar-refractivity contribution < 1.29 is 14.4 Å². The molecule has 0 bridgehead atoms. The fraction of sp³-hybridized carbons (Fsp3) is 0.778. The maximum absolute atomic E-state index is 11.3. The molecule has 0 radical (unpaired) electrons. The lowest BCUT2D eigenvalue weighted by atomic mass is 10.2. The van der Waals surface area contributed by atoms with Gasteiger partial charge in [-0.05, 0) is 11.6 Å². The molecule has 0 aliphatic heterocycles. The van der Waals surface area contributed by atoms with Crippen LogP contribution in [0.2, 0.25) is 0 Å². The van der Waals surface area contributed by atoms with Crippen LogP contribution in [0.25, 0.3) is 0 Å². The van der Waals surface area contributed by atoms with Crippen molar-refractivity contribution in [3.8, 4) is 0 Å². The zero-order valence-corrected chi connectivity index (χ0v) is 9.52. The first-order chi connectivity index (χ1) is 7.57. The Hall–Kier alpha value is -1.50. The number of hydrogen-bond acceptors (Lipinski definition) is 5. The monoisotopic (exact) mass is 232 g/mol. The topological polar surface area (TPSA) is 126 Å². The van der Waals surface area contributed by atoms with Crippen LogP contribution >= 0.6 is 0 Å². The Morgan fingerprint density at radius 2 is 2.06 bits per heavy atom. The molecule has 16 heavy (non-hydrogen) atoms. The predicted molar refractivity (Wildman–Crippen MR) is 60.2 cm³/mol. The highest BCUT2D eigenvalue weighted by Crippen LogP contribution is 1.96. The number of nitrogens with two attached hydrogens (primary N) is 3. The van der Waals surface area contributed by atoms with Gasteiger partial charge in [0.25, 0.3) is 0 Å². The van der Waals surface area contributed by atoms with E-state index in [0.717, 1.165) is 12.8 Å². The van der Waals surface area contributed by atoms with E-state index in [1.54, 1.807) is 0 Å². The zero-order valence-electron chi connectivity index (χ0n) is 9.52. The molecule has 0 aliphatic carbocycles. The number of guanidine groups is 1. The lowest BCUT2D eigenvalue weighted by molar-refractivity contribution is -0.145. The lowest BCUT2D eigenvalue weighted by Gasteiger charge is -2.10. The van der Waals surface area contributed by atoms with Gasteiger partial charge in [-0.3, -0.25) is 4.79 Å². The number of carbonyl (C=O) groups excluding carboxylic acids is 1. The first kappa shape index (κ1) is 14.5. The number of esters is 1. The summed E-state index contributed by atoms with van der Waals surface area (Å²) in [6, 6.07) is -0.703. The average Bonchev–Trinajstić information content (AvgIpc) is 2.24.